The minimum atomic E-state index is -4.02. The topological polar surface area (TPSA) is 75.3 Å². The second-order valence-electron chi connectivity index (χ2n) is 4.77. The maximum Gasteiger partial charge on any atom is 0.251 e. The minimum absolute atomic E-state index is 0.00324. The Kier molecular flexibility index (Phi) is 6.70. The lowest BCUT2D eigenvalue weighted by atomic mass is 10.1. The van der Waals surface area contributed by atoms with Gasteiger partial charge in [0.2, 0.25) is 10.0 Å². The van der Waals surface area contributed by atoms with Crippen molar-refractivity contribution in [1.82, 2.24) is 10.0 Å². The fourth-order valence-electron chi connectivity index (χ4n) is 1.86. The number of hydrogen-bond acceptors (Lipinski definition) is 3. The van der Waals surface area contributed by atoms with Gasteiger partial charge < -0.3 is 5.32 Å². The Hall–Kier alpha value is -1.73. The largest absolute Gasteiger partial charge is 0.349 e. The number of benzene rings is 1. The van der Waals surface area contributed by atoms with Gasteiger partial charge in [0.05, 0.1) is 0 Å². The van der Waals surface area contributed by atoms with Crippen LogP contribution in [0.15, 0.2) is 35.7 Å². The first-order valence-corrected chi connectivity index (χ1v) is 8.55. The molecule has 1 aromatic carbocycles. The van der Waals surface area contributed by atoms with Gasteiger partial charge in [-0.25, -0.2) is 17.5 Å². The summed E-state index contributed by atoms with van der Waals surface area (Å²) in [7, 11) is -4.02. The van der Waals surface area contributed by atoms with Crippen molar-refractivity contribution in [3.05, 3.63) is 42.2 Å². The minimum Gasteiger partial charge on any atom is -0.349 e. The molecular weight excluding hydrogens is 307 g/mol. The lowest BCUT2D eigenvalue weighted by molar-refractivity contribution is 0.0934. The lowest BCUT2D eigenvalue weighted by Crippen LogP contribution is -2.34. The average molecular weight is 328 g/mol. The zero-order valence-corrected chi connectivity index (χ0v) is 13.5. The molecule has 22 heavy (non-hydrogen) atoms. The van der Waals surface area contributed by atoms with Gasteiger partial charge in [-0.3, -0.25) is 4.79 Å². The van der Waals surface area contributed by atoms with Gasteiger partial charge in [0.25, 0.3) is 5.91 Å². The van der Waals surface area contributed by atoms with Crippen LogP contribution in [0.25, 0.3) is 0 Å². The Balaban J connectivity index is 3.09. The van der Waals surface area contributed by atoms with Crippen molar-refractivity contribution < 1.29 is 17.6 Å². The number of carbonyl (C=O) groups is 1. The van der Waals surface area contributed by atoms with Crippen molar-refractivity contribution in [2.75, 3.05) is 6.54 Å². The zero-order chi connectivity index (χ0) is 16.8. The van der Waals surface area contributed by atoms with Gasteiger partial charge in [-0.05, 0) is 31.0 Å². The van der Waals surface area contributed by atoms with E-state index in [0.29, 0.717) is 0 Å². The first-order chi connectivity index (χ1) is 10.4. The van der Waals surface area contributed by atoms with E-state index in [1.54, 1.807) is 0 Å². The highest BCUT2D eigenvalue weighted by molar-refractivity contribution is 7.89. The van der Waals surface area contributed by atoms with Gasteiger partial charge in [0.1, 0.15) is 10.7 Å². The number of amides is 1. The fourth-order valence-corrected chi connectivity index (χ4v) is 2.96. The second kappa shape index (κ2) is 8.05. The van der Waals surface area contributed by atoms with Crippen LogP contribution in [-0.4, -0.2) is 26.9 Å². The molecule has 0 bridgehead atoms. The van der Waals surface area contributed by atoms with E-state index in [-0.39, 0.29) is 18.2 Å². The van der Waals surface area contributed by atoms with E-state index in [4.69, 9.17) is 0 Å². The molecule has 0 heterocycles. The standard InChI is InChI=1S/C15H21FN2O3S/c1-4-9-17-22(20,21)14-10-11(7-8-13(14)16)15(19)18-12(5-2)6-3/h4,7-8,10,12,17H,1,5-6,9H2,2-3H3,(H,18,19). The van der Waals surface area contributed by atoms with Crippen LogP contribution in [0.3, 0.4) is 0 Å². The zero-order valence-electron chi connectivity index (χ0n) is 12.7. The quantitative estimate of drug-likeness (QED) is 0.719. The van der Waals surface area contributed by atoms with E-state index in [1.807, 2.05) is 13.8 Å². The molecule has 122 valence electrons. The van der Waals surface area contributed by atoms with Crippen LogP contribution in [0.5, 0.6) is 0 Å². The summed E-state index contributed by atoms with van der Waals surface area (Å²) < 4.78 is 39.9. The molecule has 1 aromatic rings. The van der Waals surface area contributed by atoms with Crippen LogP contribution < -0.4 is 10.0 Å². The highest BCUT2D eigenvalue weighted by atomic mass is 32.2. The monoisotopic (exact) mass is 328 g/mol. The third-order valence-corrected chi connectivity index (χ3v) is 4.66. The Morgan fingerprint density at radius 3 is 2.55 bits per heavy atom. The molecule has 0 fully saturated rings. The van der Waals surface area contributed by atoms with Gasteiger partial charge in [-0.15, -0.1) is 6.58 Å². The molecule has 0 aliphatic carbocycles. The van der Waals surface area contributed by atoms with Gasteiger partial charge in [-0.2, -0.15) is 0 Å². The van der Waals surface area contributed by atoms with Crippen molar-refractivity contribution >= 4 is 15.9 Å². The number of sulfonamides is 1. The van der Waals surface area contributed by atoms with Crippen molar-refractivity contribution in [2.24, 2.45) is 0 Å². The Labute approximate surface area is 130 Å². The van der Waals surface area contributed by atoms with E-state index < -0.39 is 26.6 Å². The van der Waals surface area contributed by atoms with Gasteiger partial charge >= 0.3 is 0 Å². The second-order valence-corrected chi connectivity index (χ2v) is 6.51. The first kappa shape index (κ1) is 18.3. The average Bonchev–Trinajstić information content (AvgIpc) is 2.50. The summed E-state index contributed by atoms with van der Waals surface area (Å²) in [4.78, 5) is 11.6. The van der Waals surface area contributed by atoms with Crippen LogP contribution in [-0.2, 0) is 10.0 Å². The van der Waals surface area contributed by atoms with Crippen LogP contribution in [0.1, 0.15) is 37.0 Å². The smallest absolute Gasteiger partial charge is 0.251 e. The van der Waals surface area contributed by atoms with Crippen LogP contribution >= 0.6 is 0 Å². The number of rotatable bonds is 8. The molecule has 7 heteroatoms. The van der Waals surface area contributed by atoms with E-state index in [9.17, 15) is 17.6 Å². The number of carbonyl (C=O) groups excluding carboxylic acids is 1. The fraction of sp³-hybridized carbons (Fsp3) is 0.400. The Morgan fingerprint density at radius 2 is 2.00 bits per heavy atom. The molecule has 5 nitrogen and oxygen atoms in total. The molecule has 2 N–H and O–H groups in total. The van der Waals surface area contributed by atoms with E-state index in [1.165, 1.54) is 12.1 Å². The predicted octanol–water partition coefficient (Wildman–Crippen LogP) is 2.21. The summed E-state index contributed by atoms with van der Waals surface area (Å²) in [5.41, 5.74) is 0.104. The van der Waals surface area contributed by atoms with Crippen molar-refractivity contribution in [3.8, 4) is 0 Å². The van der Waals surface area contributed by atoms with E-state index in [0.717, 1.165) is 25.0 Å². The van der Waals surface area contributed by atoms with E-state index >= 15 is 0 Å². The van der Waals surface area contributed by atoms with Crippen molar-refractivity contribution in [2.45, 2.75) is 37.6 Å². The number of halogens is 1. The van der Waals surface area contributed by atoms with Crippen LogP contribution in [0.4, 0.5) is 4.39 Å². The normalized spacial score (nSPS) is 11.5. The molecule has 0 spiro atoms. The van der Waals surface area contributed by atoms with Crippen LogP contribution in [0.2, 0.25) is 0 Å². The third kappa shape index (κ3) is 4.64. The Bertz CT molecular complexity index is 640. The predicted molar refractivity (Wildman–Crippen MR) is 83.6 cm³/mol. The highest BCUT2D eigenvalue weighted by Crippen LogP contribution is 2.16. The maximum absolute atomic E-state index is 13.8. The SMILES string of the molecule is C=CCNS(=O)(=O)c1cc(C(=O)NC(CC)CC)ccc1F. The molecule has 0 aromatic heterocycles. The summed E-state index contributed by atoms with van der Waals surface area (Å²) in [5.74, 6) is -1.33. The van der Waals surface area contributed by atoms with Gasteiger partial charge in [-0.1, -0.05) is 19.9 Å². The molecule has 0 saturated carbocycles. The summed E-state index contributed by atoms with van der Waals surface area (Å²) in [6.07, 6.45) is 2.87. The molecule has 0 aliphatic rings. The molecular formula is C15H21FN2O3S. The van der Waals surface area contributed by atoms with Gasteiger partial charge in [0.15, 0.2) is 0 Å². The van der Waals surface area contributed by atoms with Gasteiger partial charge in [0, 0.05) is 18.2 Å². The molecule has 0 saturated heterocycles. The molecule has 1 rings (SSSR count). The van der Waals surface area contributed by atoms with E-state index in [2.05, 4.69) is 16.6 Å². The van der Waals surface area contributed by atoms with Crippen LogP contribution in [0, 0.1) is 5.82 Å². The summed E-state index contributed by atoms with van der Waals surface area (Å²) >= 11 is 0. The summed E-state index contributed by atoms with van der Waals surface area (Å²) in [6, 6.07) is 3.28. The molecule has 0 atom stereocenters. The molecule has 0 aliphatic heterocycles. The maximum atomic E-state index is 13.8. The third-order valence-electron chi connectivity index (χ3n) is 3.22. The Morgan fingerprint density at radius 1 is 1.36 bits per heavy atom. The van der Waals surface area contributed by atoms with Crippen molar-refractivity contribution in [1.29, 1.82) is 0 Å². The molecule has 1 amide bonds. The molecule has 0 unspecified atom stereocenters. The number of hydrogen-bond donors (Lipinski definition) is 2. The first-order valence-electron chi connectivity index (χ1n) is 7.06. The summed E-state index contributed by atoms with van der Waals surface area (Å²) in [6.45, 7) is 7.25. The van der Waals surface area contributed by atoms with Crippen molar-refractivity contribution in [3.63, 3.8) is 0 Å². The summed E-state index contributed by atoms with van der Waals surface area (Å²) in [5, 5.41) is 2.78. The highest BCUT2D eigenvalue weighted by Gasteiger charge is 2.21. The number of nitrogens with one attached hydrogen (secondary N) is 2. The lowest BCUT2D eigenvalue weighted by Gasteiger charge is -2.15. The molecule has 0 radical (unpaired) electrons.